The van der Waals surface area contributed by atoms with Gasteiger partial charge in [0.25, 0.3) is 0 Å². The van der Waals surface area contributed by atoms with E-state index in [4.69, 9.17) is 0 Å². The van der Waals surface area contributed by atoms with Gasteiger partial charge in [-0.2, -0.15) is 0 Å². The zero-order valence-corrected chi connectivity index (χ0v) is 6.90. The van der Waals surface area contributed by atoms with E-state index in [-0.39, 0.29) is 0 Å². The highest BCUT2D eigenvalue weighted by molar-refractivity contribution is 7.13. The summed E-state index contributed by atoms with van der Waals surface area (Å²) in [5.41, 5.74) is 0. The van der Waals surface area contributed by atoms with Crippen molar-refractivity contribution in [3.63, 3.8) is 0 Å². The van der Waals surface area contributed by atoms with E-state index < -0.39 is 0 Å². The molecule has 3 atom stereocenters. The molecule has 52 valence electrons. The minimum Gasteiger partial charge on any atom is -0.301 e. The zero-order valence-electron chi connectivity index (χ0n) is 5.75. The minimum atomic E-state index is 0.838. The summed E-state index contributed by atoms with van der Waals surface area (Å²) in [6.45, 7) is 2.53. The van der Waals surface area contributed by atoms with Crippen LogP contribution in [0.1, 0.15) is 6.42 Å². The van der Waals surface area contributed by atoms with Crippen LogP contribution in [0.3, 0.4) is 0 Å². The molecule has 0 aromatic rings. The molecule has 2 aliphatic heterocycles. The highest BCUT2D eigenvalue weighted by atomic mass is 31.0. The molecule has 0 amide bonds. The van der Waals surface area contributed by atoms with Crippen LogP contribution in [0.25, 0.3) is 0 Å². The second kappa shape index (κ2) is 1.91. The standard InChI is InChI=1S/C6H13N2P/c1-7-3-6-2-5(7)4-8(6)9/h5-6H,2-4,9H2,1H3. The van der Waals surface area contributed by atoms with Gasteiger partial charge >= 0.3 is 0 Å². The summed E-state index contributed by atoms with van der Waals surface area (Å²) >= 11 is 0. The average molecular weight is 144 g/mol. The quantitative estimate of drug-likeness (QED) is 0.447. The van der Waals surface area contributed by atoms with Gasteiger partial charge in [0.1, 0.15) is 0 Å². The highest BCUT2D eigenvalue weighted by Gasteiger charge is 2.39. The number of rotatable bonds is 0. The topological polar surface area (TPSA) is 6.48 Å². The predicted molar refractivity (Wildman–Crippen MR) is 41.2 cm³/mol. The first-order valence-corrected chi connectivity index (χ1v) is 4.00. The molecule has 2 heterocycles. The van der Waals surface area contributed by atoms with Crippen LogP contribution in [0, 0.1) is 0 Å². The highest BCUT2D eigenvalue weighted by Crippen LogP contribution is 2.31. The van der Waals surface area contributed by atoms with Gasteiger partial charge in [-0.3, -0.25) is 4.67 Å². The molecule has 0 radical (unpaired) electrons. The largest absolute Gasteiger partial charge is 0.301 e. The monoisotopic (exact) mass is 144 g/mol. The van der Waals surface area contributed by atoms with Crippen LogP contribution in [0.5, 0.6) is 0 Å². The summed E-state index contributed by atoms with van der Waals surface area (Å²) in [7, 11) is 5.03. The van der Waals surface area contributed by atoms with Crippen LogP contribution in [-0.4, -0.2) is 41.8 Å². The van der Waals surface area contributed by atoms with Gasteiger partial charge in [-0.05, 0) is 13.5 Å². The molecule has 2 fully saturated rings. The molecule has 2 saturated heterocycles. The van der Waals surface area contributed by atoms with Gasteiger partial charge in [0, 0.05) is 25.2 Å². The molecule has 2 aliphatic rings. The lowest BCUT2D eigenvalue weighted by molar-refractivity contribution is 0.226. The molecule has 0 aliphatic carbocycles. The van der Waals surface area contributed by atoms with Crippen LogP contribution in [0.2, 0.25) is 0 Å². The molecule has 0 aromatic heterocycles. The first-order chi connectivity index (χ1) is 4.27. The smallest absolute Gasteiger partial charge is 0.0273 e. The van der Waals surface area contributed by atoms with E-state index in [0.29, 0.717) is 0 Å². The Labute approximate surface area is 58.5 Å². The number of piperazine rings is 1. The Hall–Kier alpha value is 0.350. The van der Waals surface area contributed by atoms with E-state index >= 15 is 0 Å². The number of hydrogen-bond donors (Lipinski definition) is 0. The summed E-state index contributed by atoms with van der Waals surface area (Å²) < 4.78 is 2.39. The predicted octanol–water partition coefficient (Wildman–Crippen LogP) is 0.165. The Kier molecular flexibility index (Phi) is 1.29. The Morgan fingerprint density at radius 3 is 2.44 bits per heavy atom. The number of fused-ring (bicyclic) bond motifs is 2. The fourth-order valence-electron chi connectivity index (χ4n) is 1.90. The molecular weight excluding hydrogens is 131 g/mol. The van der Waals surface area contributed by atoms with Crippen molar-refractivity contribution in [1.82, 2.24) is 9.57 Å². The molecular formula is C6H13N2P. The second-order valence-corrected chi connectivity index (χ2v) is 3.84. The fraction of sp³-hybridized carbons (Fsp3) is 1.00. The van der Waals surface area contributed by atoms with E-state index in [9.17, 15) is 0 Å². The van der Waals surface area contributed by atoms with Crippen LogP contribution >= 0.6 is 9.39 Å². The number of hydrogen-bond acceptors (Lipinski definition) is 2. The Balaban J connectivity index is 2.10. The molecule has 2 bridgehead atoms. The lowest BCUT2D eigenvalue weighted by Gasteiger charge is -2.28. The zero-order chi connectivity index (χ0) is 6.43. The fourth-order valence-corrected chi connectivity index (χ4v) is 2.36. The van der Waals surface area contributed by atoms with E-state index in [1.165, 1.54) is 19.5 Å². The molecule has 2 nitrogen and oxygen atoms in total. The van der Waals surface area contributed by atoms with Crippen LogP contribution in [-0.2, 0) is 0 Å². The molecule has 2 rings (SSSR count). The SMILES string of the molecule is CN1CC2CC1CN2P. The molecule has 9 heavy (non-hydrogen) atoms. The van der Waals surface area contributed by atoms with E-state index in [1.54, 1.807) is 0 Å². The van der Waals surface area contributed by atoms with Gasteiger partial charge in [-0.25, -0.2) is 0 Å². The van der Waals surface area contributed by atoms with Gasteiger partial charge in [-0.1, -0.05) is 9.39 Å². The van der Waals surface area contributed by atoms with Crippen LogP contribution in [0.15, 0.2) is 0 Å². The molecule has 0 spiro atoms. The second-order valence-electron chi connectivity index (χ2n) is 3.18. The molecule has 3 unspecified atom stereocenters. The van der Waals surface area contributed by atoms with Crippen molar-refractivity contribution in [3.8, 4) is 0 Å². The number of nitrogens with zero attached hydrogens (tertiary/aromatic N) is 2. The third-order valence-corrected chi connectivity index (χ3v) is 3.19. The molecule has 0 N–H and O–H groups in total. The lowest BCUT2D eigenvalue weighted by Crippen LogP contribution is -2.39. The average Bonchev–Trinajstić information content (AvgIpc) is 2.24. The van der Waals surface area contributed by atoms with Crippen molar-refractivity contribution in [2.24, 2.45) is 0 Å². The Bertz CT molecular complexity index is 110. The van der Waals surface area contributed by atoms with Crippen molar-refractivity contribution in [2.75, 3.05) is 20.1 Å². The summed E-state index contributed by atoms with van der Waals surface area (Å²) in [5.74, 6) is 0. The number of likely N-dealkylation sites (N-methyl/N-ethyl adjacent to an activating group) is 1. The minimum absolute atomic E-state index is 0.838. The van der Waals surface area contributed by atoms with E-state index in [0.717, 1.165) is 12.1 Å². The normalized spacial score (nSPS) is 44.7. The summed E-state index contributed by atoms with van der Waals surface area (Å²) in [6.07, 6.45) is 1.39. The Morgan fingerprint density at radius 1 is 1.33 bits per heavy atom. The maximum atomic E-state index is 2.81. The van der Waals surface area contributed by atoms with Gasteiger partial charge in [0.15, 0.2) is 0 Å². The van der Waals surface area contributed by atoms with Gasteiger partial charge in [0.05, 0.1) is 0 Å². The van der Waals surface area contributed by atoms with Crippen LogP contribution in [0.4, 0.5) is 0 Å². The summed E-state index contributed by atoms with van der Waals surface area (Å²) in [5, 5.41) is 0. The van der Waals surface area contributed by atoms with Crippen molar-refractivity contribution in [1.29, 1.82) is 0 Å². The van der Waals surface area contributed by atoms with Crippen molar-refractivity contribution < 1.29 is 0 Å². The summed E-state index contributed by atoms with van der Waals surface area (Å²) in [6, 6.07) is 1.69. The molecule has 0 saturated carbocycles. The third kappa shape index (κ3) is 0.813. The maximum Gasteiger partial charge on any atom is 0.0273 e. The van der Waals surface area contributed by atoms with Crippen molar-refractivity contribution in [2.45, 2.75) is 18.5 Å². The maximum absolute atomic E-state index is 2.81. The Morgan fingerprint density at radius 2 is 2.11 bits per heavy atom. The third-order valence-electron chi connectivity index (χ3n) is 2.56. The van der Waals surface area contributed by atoms with Crippen molar-refractivity contribution in [3.05, 3.63) is 0 Å². The van der Waals surface area contributed by atoms with Gasteiger partial charge in [-0.15, -0.1) is 0 Å². The first kappa shape index (κ1) is 6.09. The van der Waals surface area contributed by atoms with Crippen molar-refractivity contribution >= 4 is 9.39 Å². The van der Waals surface area contributed by atoms with Gasteiger partial charge < -0.3 is 4.90 Å². The van der Waals surface area contributed by atoms with Crippen LogP contribution < -0.4 is 0 Å². The first-order valence-electron chi connectivity index (χ1n) is 3.49. The lowest BCUT2D eigenvalue weighted by atomic mass is 10.2. The van der Waals surface area contributed by atoms with E-state index in [2.05, 4.69) is 26.0 Å². The van der Waals surface area contributed by atoms with Gasteiger partial charge in [0.2, 0.25) is 0 Å². The summed E-state index contributed by atoms with van der Waals surface area (Å²) in [4.78, 5) is 2.46. The van der Waals surface area contributed by atoms with E-state index in [1.807, 2.05) is 0 Å². The molecule has 3 heteroatoms. The number of likely N-dealkylation sites (tertiary alicyclic amines) is 1. The molecule has 0 aromatic carbocycles.